The number of benzene rings is 1. The first-order valence-corrected chi connectivity index (χ1v) is 9.27. The number of anilines is 1. The molecule has 27 heavy (non-hydrogen) atoms. The minimum Gasteiger partial charge on any atom is -0.335 e. The van der Waals surface area contributed by atoms with E-state index in [1.165, 1.54) is 4.90 Å². The van der Waals surface area contributed by atoms with Crippen molar-refractivity contribution in [3.8, 4) is 0 Å². The van der Waals surface area contributed by atoms with E-state index in [2.05, 4.69) is 10.6 Å². The Morgan fingerprint density at radius 3 is 2.41 bits per heavy atom. The van der Waals surface area contributed by atoms with Gasteiger partial charge in [0.15, 0.2) is 0 Å². The van der Waals surface area contributed by atoms with E-state index >= 15 is 0 Å². The van der Waals surface area contributed by atoms with Gasteiger partial charge < -0.3 is 5.32 Å². The second-order valence-corrected chi connectivity index (χ2v) is 6.95. The van der Waals surface area contributed by atoms with Crippen LogP contribution in [0.25, 0.3) is 0 Å². The number of para-hydroxylation sites is 1. The fraction of sp³-hybridized carbons (Fsp3) is 0.474. The molecule has 3 rings (SSSR count). The number of hydrogen-bond donors (Lipinski definition) is 2. The van der Waals surface area contributed by atoms with Crippen LogP contribution >= 0.6 is 0 Å². The van der Waals surface area contributed by atoms with Crippen LogP contribution in [0.15, 0.2) is 30.3 Å². The van der Waals surface area contributed by atoms with Gasteiger partial charge in [-0.15, -0.1) is 0 Å². The minimum absolute atomic E-state index is 0.0650. The Labute approximate surface area is 157 Å². The molecule has 1 aromatic rings. The van der Waals surface area contributed by atoms with E-state index in [4.69, 9.17) is 0 Å². The molecule has 2 N–H and O–H groups in total. The number of nitrogens with one attached hydrogen (secondary N) is 2. The van der Waals surface area contributed by atoms with Crippen molar-refractivity contribution in [1.82, 2.24) is 15.5 Å². The molecule has 0 aromatic heterocycles. The number of rotatable bonds is 4. The molecule has 1 saturated heterocycles. The Morgan fingerprint density at radius 2 is 1.74 bits per heavy atom. The van der Waals surface area contributed by atoms with Crippen molar-refractivity contribution in [2.24, 2.45) is 0 Å². The van der Waals surface area contributed by atoms with E-state index in [0.717, 1.165) is 37.0 Å². The first-order chi connectivity index (χ1) is 13.0. The quantitative estimate of drug-likeness (QED) is 0.790. The van der Waals surface area contributed by atoms with Gasteiger partial charge in [-0.1, -0.05) is 37.5 Å². The highest BCUT2D eigenvalue weighted by atomic mass is 16.2. The van der Waals surface area contributed by atoms with Crippen molar-refractivity contribution < 1.29 is 19.2 Å². The van der Waals surface area contributed by atoms with Gasteiger partial charge in [0.05, 0.1) is 0 Å². The average Bonchev–Trinajstić information content (AvgIpc) is 2.86. The standard InChI is InChI=1S/C19H24N4O4/c1-13-17(25)22(19(27)23(13)15-10-6-3-7-11-15)12-16(24)21-18(26)20-14-8-4-2-5-9-14/h3,6-7,10-11,13-14H,2,4-5,8-9,12H2,1H3,(H2,20,21,24,26)/t13-/m1/s1. The molecule has 0 spiro atoms. The molecule has 1 heterocycles. The van der Waals surface area contributed by atoms with E-state index in [0.29, 0.717) is 5.69 Å². The maximum Gasteiger partial charge on any atom is 0.332 e. The van der Waals surface area contributed by atoms with Gasteiger partial charge in [0, 0.05) is 11.7 Å². The number of hydrogen-bond acceptors (Lipinski definition) is 4. The predicted octanol–water partition coefficient (Wildman–Crippen LogP) is 2.00. The molecule has 0 bridgehead atoms. The summed E-state index contributed by atoms with van der Waals surface area (Å²) < 4.78 is 0. The lowest BCUT2D eigenvalue weighted by Gasteiger charge is -2.23. The highest BCUT2D eigenvalue weighted by Crippen LogP contribution is 2.25. The monoisotopic (exact) mass is 372 g/mol. The van der Waals surface area contributed by atoms with Gasteiger partial charge in [0.2, 0.25) is 5.91 Å². The lowest BCUT2D eigenvalue weighted by molar-refractivity contribution is -0.131. The molecule has 1 saturated carbocycles. The van der Waals surface area contributed by atoms with Gasteiger partial charge in [-0.25, -0.2) is 9.59 Å². The van der Waals surface area contributed by atoms with E-state index in [-0.39, 0.29) is 6.04 Å². The number of urea groups is 2. The average molecular weight is 372 g/mol. The summed E-state index contributed by atoms with van der Waals surface area (Å²) in [5, 5.41) is 4.98. The second kappa shape index (κ2) is 8.20. The van der Waals surface area contributed by atoms with Crippen LogP contribution in [-0.4, -0.2) is 47.4 Å². The minimum atomic E-state index is -0.705. The summed E-state index contributed by atoms with van der Waals surface area (Å²) in [5.74, 6) is -1.15. The Kier molecular flexibility index (Phi) is 5.73. The zero-order valence-electron chi connectivity index (χ0n) is 15.3. The van der Waals surface area contributed by atoms with Gasteiger partial charge >= 0.3 is 12.1 Å². The maximum atomic E-state index is 12.6. The number of carbonyl (C=O) groups is 4. The summed E-state index contributed by atoms with van der Waals surface area (Å²) in [4.78, 5) is 51.4. The lowest BCUT2D eigenvalue weighted by atomic mass is 9.96. The first-order valence-electron chi connectivity index (χ1n) is 9.27. The molecule has 1 aliphatic heterocycles. The number of imide groups is 2. The van der Waals surface area contributed by atoms with Crippen molar-refractivity contribution in [2.45, 2.75) is 51.1 Å². The summed E-state index contributed by atoms with van der Waals surface area (Å²) in [5.41, 5.74) is 0.585. The fourth-order valence-corrected chi connectivity index (χ4v) is 3.57. The van der Waals surface area contributed by atoms with Crippen molar-refractivity contribution in [1.29, 1.82) is 0 Å². The van der Waals surface area contributed by atoms with Crippen molar-refractivity contribution >= 4 is 29.6 Å². The highest BCUT2D eigenvalue weighted by molar-refractivity contribution is 6.15. The Morgan fingerprint density at radius 1 is 1.07 bits per heavy atom. The number of nitrogens with zero attached hydrogens (tertiary/aromatic N) is 2. The van der Waals surface area contributed by atoms with Crippen molar-refractivity contribution in [2.75, 3.05) is 11.4 Å². The van der Waals surface area contributed by atoms with Crippen molar-refractivity contribution in [3.05, 3.63) is 30.3 Å². The predicted molar refractivity (Wildman–Crippen MR) is 99.0 cm³/mol. The van der Waals surface area contributed by atoms with Gasteiger partial charge in [-0.2, -0.15) is 0 Å². The SMILES string of the molecule is C[C@@H]1C(=O)N(CC(=O)NC(=O)NC2CCCCC2)C(=O)N1c1ccccc1. The molecule has 8 heteroatoms. The third-order valence-electron chi connectivity index (χ3n) is 4.98. The second-order valence-electron chi connectivity index (χ2n) is 6.95. The van der Waals surface area contributed by atoms with E-state index in [1.807, 2.05) is 6.07 Å². The normalized spacial score (nSPS) is 20.7. The van der Waals surface area contributed by atoms with Crippen LogP contribution in [0.4, 0.5) is 15.3 Å². The first kappa shape index (κ1) is 18.9. The van der Waals surface area contributed by atoms with E-state index in [1.54, 1.807) is 31.2 Å². The molecule has 0 unspecified atom stereocenters. The summed E-state index contributed by atoms with van der Waals surface area (Å²) >= 11 is 0. The highest BCUT2D eigenvalue weighted by Gasteiger charge is 2.44. The van der Waals surface area contributed by atoms with E-state index in [9.17, 15) is 19.2 Å². The molecule has 1 aromatic carbocycles. The zero-order chi connectivity index (χ0) is 19.4. The van der Waals surface area contributed by atoms with Crippen LogP contribution in [0, 0.1) is 0 Å². The summed E-state index contributed by atoms with van der Waals surface area (Å²) in [7, 11) is 0. The number of carbonyl (C=O) groups excluding carboxylic acids is 4. The summed E-state index contributed by atoms with van der Waals surface area (Å²) in [6.45, 7) is 1.13. The van der Waals surface area contributed by atoms with Crippen LogP contribution in [-0.2, 0) is 9.59 Å². The molecule has 1 atom stereocenters. The third-order valence-corrected chi connectivity index (χ3v) is 4.98. The molecule has 2 aliphatic rings. The molecule has 6 amide bonds. The molecule has 144 valence electrons. The molecule has 1 aliphatic carbocycles. The van der Waals surface area contributed by atoms with Gasteiger partial charge in [-0.05, 0) is 31.9 Å². The fourth-order valence-electron chi connectivity index (χ4n) is 3.57. The van der Waals surface area contributed by atoms with Crippen LogP contribution < -0.4 is 15.5 Å². The van der Waals surface area contributed by atoms with Crippen LogP contribution in [0.2, 0.25) is 0 Å². The molecular weight excluding hydrogens is 348 g/mol. The van der Waals surface area contributed by atoms with Crippen molar-refractivity contribution in [3.63, 3.8) is 0 Å². The van der Waals surface area contributed by atoms with Gasteiger partial charge in [-0.3, -0.25) is 24.7 Å². The Bertz CT molecular complexity index is 730. The van der Waals surface area contributed by atoms with Gasteiger partial charge in [0.25, 0.3) is 5.91 Å². The Balaban J connectivity index is 1.58. The molecular formula is C19H24N4O4. The summed E-state index contributed by atoms with van der Waals surface area (Å²) in [6.07, 6.45) is 5.07. The third kappa shape index (κ3) is 4.27. The van der Waals surface area contributed by atoms with Gasteiger partial charge in [0.1, 0.15) is 12.6 Å². The smallest absolute Gasteiger partial charge is 0.332 e. The molecule has 2 fully saturated rings. The topological polar surface area (TPSA) is 98.8 Å². The lowest BCUT2D eigenvalue weighted by Crippen LogP contribution is -2.49. The largest absolute Gasteiger partial charge is 0.335 e. The number of amides is 6. The van der Waals surface area contributed by atoms with Crippen LogP contribution in [0.3, 0.4) is 0 Å². The van der Waals surface area contributed by atoms with Crippen LogP contribution in [0.5, 0.6) is 0 Å². The molecule has 0 radical (unpaired) electrons. The Hall–Kier alpha value is -2.90. The van der Waals surface area contributed by atoms with Crippen LogP contribution in [0.1, 0.15) is 39.0 Å². The summed E-state index contributed by atoms with van der Waals surface area (Å²) in [6, 6.07) is 7.01. The molecule has 8 nitrogen and oxygen atoms in total. The zero-order valence-corrected chi connectivity index (χ0v) is 15.3. The van der Waals surface area contributed by atoms with E-state index < -0.39 is 36.5 Å². The maximum absolute atomic E-state index is 12.6.